The van der Waals surface area contributed by atoms with Gasteiger partial charge in [-0.25, -0.2) is 0 Å². The quantitative estimate of drug-likeness (QED) is 0.648. The first-order valence-corrected chi connectivity index (χ1v) is 6.97. The molecule has 7 heteroatoms. The molecule has 1 aliphatic rings. The molecule has 0 unspecified atom stereocenters. The van der Waals surface area contributed by atoms with Gasteiger partial charge >= 0.3 is 6.18 Å². The van der Waals surface area contributed by atoms with Crippen LogP contribution in [0.25, 0.3) is 0 Å². The van der Waals surface area contributed by atoms with Gasteiger partial charge in [0.25, 0.3) is 0 Å². The van der Waals surface area contributed by atoms with E-state index >= 15 is 0 Å². The van der Waals surface area contributed by atoms with Gasteiger partial charge in [-0.3, -0.25) is 4.90 Å². The number of hydrogen-bond acceptors (Lipinski definition) is 4. The van der Waals surface area contributed by atoms with Crippen molar-refractivity contribution in [3.63, 3.8) is 0 Å². The fourth-order valence-corrected chi connectivity index (χ4v) is 2.25. The Bertz CT molecular complexity index is 459. The maximum Gasteiger partial charge on any atom is 0.416 e. The van der Waals surface area contributed by atoms with E-state index in [0.717, 1.165) is 51.4 Å². The summed E-state index contributed by atoms with van der Waals surface area (Å²) in [6, 6.07) is 3.39. The third-order valence-electron chi connectivity index (χ3n) is 3.45. The van der Waals surface area contributed by atoms with Crippen LogP contribution in [-0.4, -0.2) is 44.3 Å². The van der Waals surface area contributed by atoms with Gasteiger partial charge in [0.2, 0.25) is 0 Å². The van der Waals surface area contributed by atoms with Crippen LogP contribution in [0.5, 0.6) is 0 Å². The first kappa shape index (κ1) is 15.9. The molecule has 1 aromatic carbocycles. The number of morpholine rings is 1. The van der Waals surface area contributed by atoms with E-state index in [1.54, 1.807) is 0 Å². The highest BCUT2D eigenvalue weighted by atomic mass is 19.4. The molecule has 118 valence electrons. The lowest BCUT2D eigenvalue weighted by atomic mass is 10.1. The molecular weight excluding hydrogens is 283 g/mol. The Hall–Kier alpha value is -1.47. The first-order valence-electron chi connectivity index (χ1n) is 6.97. The molecule has 0 atom stereocenters. The summed E-state index contributed by atoms with van der Waals surface area (Å²) in [7, 11) is 0. The standard InChI is InChI=1S/C14H20F3N3O/c15-14(16,17)11-2-3-13(12(18)10-11)19-4-1-5-20-6-8-21-9-7-20/h2-3,10,19H,1,4-9,18H2. The highest BCUT2D eigenvalue weighted by Crippen LogP contribution is 2.32. The zero-order valence-corrected chi connectivity index (χ0v) is 11.7. The largest absolute Gasteiger partial charge is 0.416 e. The fourth-order valence-electron chi connectivity index (χ4n) is 2.25. The number of anilines is 2. The van der Waals surface area contributed by atoms with Gasteiger partial charge in [0.15, 0.2) is 0 Å². The van der Waals surface area contributed by atoms with Gasteiger partial charge in [0.1, 0.15) is 0 Å². The van der Waals surface area contributed by atoms with Gasteiger partial charge in [-0.2, -0.15) is 13.2 Å². The van der Waals surface area contributed by atoms with Crippen molar-refractivity contribution < 1.29 is 17.9 Å². The number of nitrogens with zero attached hydrogens (tertiary/aromatic N) is 1. The number of nitrogen functional groups attached to an aromatic ring is 1. The number of rotatable bonds is 5. The van der Waals surface area contributed by atoms with E-state index in [2.05, 4.69) is 10.2 Å². The topological polar surface area (TPSA) is 50.5 Å². The van der Waals surface area contributed by atoms with Crippen molar-refractivity contribution in [1.82, 2.24) is 4.90 Å². The van der Waals surface area contributed by atoms with E-state index < -0.39 is 11.7 Å². The lowest BCUT2D eigenvalue weighted by molar-refractivity contribution is -0.137. The number of benzene rings is 1. The number of nitrogens with one attached hydrogen (secondary N) is 1. The second-order valence-electron chi connectivity index (χ2n) is 5.03. The molecule has 1 aliphatic heterocycles. The molecule has 1 aromatic rings. The molecule has 1 saturated heterocycles. The van der Waals surface area contributed by atoms with Crippen LogP contribution in [0.1, 0.15) is 12.0 Å². The average Bonchev–Trinajstić information content (AvgIpc) is 2.45. The second-order valence-corrected chi connectivity index (χ2v) is 5.03. The second kappa shape index (κ2) is 7.00. The third kappa shape index (κ3) is 4.78. The van der Waals surface area contributed by atoms with Crippen molar-refractivity contribution in [2.75, 3.05) is 50.4 Å². The molecular formula is C14H20F3N3O. The molecule has 2 rings (SSSR count). The monoisotopic (exact) mass is 303 g/mol. The number of ether oxygens (including phenoxy) is 1. The summed E-state index contributed by atoms with van der Waals surface area (Å²) in [6.07, 6.45) is -3.45. The summed E-state index contributed by atoms with van der Waals surface area (Å²) in [5.41, 5.74) is 5.60. The van der Waals surface area contributed by atoms with E-state index in [9.17, 15) is 13.2 Å². The first-order chi connectivity index (χ1) is 9.97. The van der Waals surface area contributed by atoms with Gasteiger partial charge in [-0.15, -0.1) is 0 Å². The van der Waals surface area contributed by atoms with Crippen molar-refractivity contribution in [3.8, 4) is 0 Å². The molecule has 0 saturated carbocycles. The van der Waals surface area contributed by atoms with Gasteiger partial charge in [-0.05, 0) is 31.2 Å². The molecule has 0 spiro atoms. The Morgan fingerprint density at radius 3 is 2.57 bits per heavy atom. The van der Waals surface area contributed by atoms with E-state index in [0.29, 0.717) is 12.2 Å². The highest BCUT2D eigenvalue weighted by Gasteiger charge is 2.30. The van der Waals surface area contributed by atoms with E-state index in [4.69, 9.17) is 10.5 Å². The molecule has 1 fully saturated rings. The van der Waals surface area contributed by atoms with Gasteiger partial charge in [0, 0.05) is 19.6 Å². The summed E-state index contributed by atoms with van der Waals surface area (Å²) >= 11 is 0. The molecule has 4 nitrogen and oxygen atoms in total. The lowest BCUT2D eigenvalue weighted by Crippen LogP contribution is -2.37. The predicted octanol–water partition coefficient (Wildman–Crippen LogP) is 2.42. The Labute approximate surface area is 122 Å². The highest BCUT2D eigenvalue weighted by molar-refractivity contribution is 5.67. The van der Waals surface area contributed by atoms with Crippen LogP contribution in [0.3, 0.4) is 0 Å². The van der Waals surface area contributed by atoms with Crippen molar-refractivity contribution in [2.45, 2.75) is 12.6 Å². The molecule has 0 aliphatic carbocycles. The molecule has 3 N–H and O–H groups in total. The van der Waals surface area contributed by atoms with Crippen molar-refractivity contribution in [3.05, 3.63) is 23.8 Å². The Morgan fingerprint density at radius 2 is 1.95 bits per heavy atom. The van der Waals surface area contributed by atoms with Crippen LogP contribution >= 0.6 is 0 Å². The maximum absolute atomic E-state index is 12.5. The van der Waals surface area contributed by atoms with Gasteiger partial charge in [0.05, 0.1) is 30.2 Å². The minimum absolute atomic E-state index is 0.121. The van der Waals surface area contributed by atoms with Crippen LogP contribution in [-0.2, 0) is 10.9 Å². The van der Waals surface area contributed by atoms with E-state index in [1.165, 1.54) is 6.07 Å². The van der Waals surface area contributed by atoms with Gasteiger partial charge < -0.3 is 15.8 Å². The smallest absolute Gasteiger partial charge is 0.397 e. The van der Waals surface area contributed by atoms with Crippen LogP contribution in [0, 0.1) is 0 Å². The van der Waals surface area contributed by atoms with Crippen molar-refractivity contribution in [2.24, 2.45) is 0 Å². The minimum Gasteiger partial charge on any atom is -0.397 e. The summed E-state index contributed by atoms with van der Waals surface area (Å²) in [5, 5.41) is 3.08. The van der Waals surface area contributed by atoms with Crippen molar-refractivity contribution in [1.29, 1.82) is 0 Å². The average molecular weight is 303 g/mol. The third-order valence-corrected chi connectivity index (χ3v) is 3.45. The van der Waals surface area contributed by atoms with E-state index in [1.807, 2.05) is 0 Å². The molecule has 0 bridgehead atoms. The SMILES string of the molecule is Nc1cc(C(F)(F)F)ccc1NCCCN1CCOCC1. The predicted molar refractivity (Wildman–Crippen MR) is 76.2 cm³/mol. The molecule has 21 heavy (non-hydrogen) atoms. The van der Waals surface area contributed by atoms with Crippen LogP contribution in [0.15, 0.2) is 18.2 Å². The summed E-state index contributed by atoms with van der Waals surface area (Å²) < 4.78 is 42.8. The minimum atomic E-state index is -4.36. The van der Waals surface area contributed by atoms with Gasteiger partial charge in [-0.1, -0.05) is 0 Å². The summed E-state index contributed by atoms with van der Waals surface area (Å²) in [6.45, 7) is 5.01. The molecule has 1 heterocycles. The maximum atomic E-state index is 12.5. The normalized spacial score (nSPS) is 16.9. The van der Waals surface area contributed by atoms with Crippen LogP contribution in [0.4, 0.5) is 24.5 Å². The van der Waals surface area contributed by atoms with Crippen LogP contribution < -0.4 is 11.1 Å². The number of alkyl halides is 3. The molecule has 0 radical (unpaired) electrons. The Kier molecular flexibility index (Phi) is 5.30. The van der Waals surface area contributed by atoms with Crippen LogP contribution in [0.2, 0.25) is 0 Å². The van der Waals surface area contributed by atoms with E-state index in [-0.39, 0.29) is 5.69 Å². The molecule has 0 amide bonds. The molecule has 0 aromatic heterocycles. The summed E-state index contributed by atoms with van der Waals surface area (Å²) in [5.74, 6) is 0. The zero-order valence-electron chi connectivity index (χ0n) is 11.7. The number of hydrogen-bond donors (Lipinski definition) is 2. The number of halogens is 3. The lowest BCUT2D eigenvalue weighted by Gasteiger charge is -2.26. The summed E-state index contributed by atoms with van der Waals surface area (Å²) in [4.78, 5) is 2.31. The van der Waals surface area contributed by atoms with Crippen molar-refractivity contribution >= 4 is 11.4 Å². The Balaban J connectivity index is 1.78. The zero-order chi connectivity index (χ0) is 15.3. The Morgan fingerprint density at radius 1 is 1.24 bits per heavy atom. The fraction of sp³-hybridized carbons (Fsp3) is 0.571. The number of nitrogens with two attached hydrogens (primary N) is 1.